The zero-order valence-corrected chi connectivity index (χ0v) is 13.1. The molecule has 0 N–H and O–H groups in total. The summed E-state index contributed by atoms with van der Waals surface area (Å²) in [6.45, 7) is 4.16. The zero-order valence-electron chi connectivity index (χ0n) is 10.6. The third kappa shape index (κ3) is 3.60. The van der Waals surface area contributed by atoms with Crippen LogP contribution in [0.2, 0.25) is 0 Å². The van der Waals surface area contributed by atoms with E-state index < -0.39 is 7.60 Å². The molecule has 0 bridgehead atoms. The highest BCUT2D eigenvalue weighted by molar-refractivity contribution is 9.10. The number of halogens is 1. The molecule has 0 unspecified atom stereocenters. The Labute approximate surface area is 119 Å². The number of nitrogens with zero attached hydrogens (tertiary/aromatic N) is 4. The van der Waals surface area contributed by atoms with Crippen molar-refractivity contribution in [3.05, 3.63) is 22.7 Å². The lowest BCUT2D eigenvalue weighted by Crippen LogP contribution is -2.00. The average molecular weight is 349 g/mol. The monoisotopic (exact) mass is 348 g/mol. The molecular formula is C10H14BrN4O3P. The van der Waals surface area contributed by atoms with Crippen LogP contribution in [0.3, 0.4) is 0 Å². The Morgan fingerprint density at radius 3 is 2.68 bits per heavy atom. The minimum Gasteiger partial charge on any atom is -0.309 e. The Balaban J connectivity index is 2.26. The molecule has 0 fully saturated rings. The van der Waals surface area contributed by atoms with Crippen LogP contribution in [0.1, 0.15) is 19.7 Å². The van der Waals surface area contributed by atoms with Crippen molar-refractivity contribution in [1.82, 2.24) is 19.6 Å². The van der Waals surface area contributed by atoms with Gasteiger partial charge in [-0.3, -0.25) is 4.57 Å². The first-order valence-electron chi connectivity index (χ1n) is 5.81. The number of hydrogen-bond acceptors (Lipinski definition) is 6. The summed E-state index contributed by atoms with van der Waals surface area (Å²) in [6, 6.07) is 0. The van der Waals surface area contributed by atoms with Gasteiger partial charge in [-0.25, -0.2) is 9.50 Å². The normalized spacial score (nSPS) is 12.2. The van der Waals surface area contributed by atoms with Crippen molar-refractivity contribution in [1.29, 1.82) is 0 Å². The molecular weight excluding hydrogens is 335 g/mol. The molecule has 7 nitrogen and oxygen atoms in total. The van der Waals surface area contributed by atoms with Gasteiger partial charge < -0.3 is 9.05 Å². The molecule has 9 heteroatoms. The Kier molecular flexibility index (Phi) is 4.67. The topological polar surface area (TPSA) is 78.6 Å². The van der Waals surface area contributed by atoms with Crippen molar-refractivity contribution in [2.75, 3.05) is 13.2 Å². The fourth-order valence-corrected chi connectivity index (χ4v) is 3.38. The van der Waals surface area contributed by atoms with E-state index in [4.69, 9.17) is 9.05 Å². The highest BCUT2D eigenvalue weighted by atomic mass is 79.9. The van der Waals surface area contributed by atoms with E-state index in [1.165, 1.54) is 4.52 Å². The van der Waals surface area contributed by atoms with Crippen molar-refractivity contribution in [2.24, 2.45) is 0 Å². The van der Waals surface area contributed by atoms with E-state index in [0.717, 1.165) is 4.47 Å². The Morgan fingerprint density at radius 2 is 2.05 bits per heavy atom. The summed E-state index contributed by atoms with van der Waals surface area (Å²) in [4.78, 5) is 8.29. The van der Waals surface area contributed by atoms with Crippen LogP contribution in [0.25, 0.3) is 5.78 Å². The Morgan fingerprint density at radius 1 is 1.37 bits per heavy atom. The molecule has 2 heterocycles. The zero-order chi connectivity index (χ0) is 13.9. The van der Waals surface area contributed by atoms with Crippen LogP contribution in [0.4, 0.5) is 0 Å². The van der Waals surface area contributed by atoms with Crippen molar-refractivity contribution in [2.45, 2.75) is 20.0 Å². The molecule has 0 aliphatic carbocycles. The highest BCUT2D eigenvalue weighted by Gasteiger charge is 2.26. The van der Waals surface area contributed by atoms with Gasteiger partial charge in [-0.1, -0.05) is 0 Å². The number of aromatic nitrogens is 4. The van der Waals surface area contributed by atoms with E-state index in [9.17, 15) is 4.57 Å². The minimum absolute atomic E-state index is 0.0374. The van der Waals surface area contributed by atoms with Gasteiger partial charge in [-0.2, -0.15) is 4.98 Å². The lowest BCUT2D eigenvalue weighted by molar-refractivity contribution is 0.218. The molecule has 0 amide bonds. The van der Waals surface area contributed by atoms with E-state index in [1.807, 2.05) is 0 Å². The maximum Gasteiger partial charge on any atom is 0.338 e. The molecule has 2 aromatic rings. The second-order valence-electron chi connectivity index (χ2n) is 3.65. The van der Waals surface area contributed by atoms with Gasteiger partial charge in [0.15, 0.2) is 5.82 Å². The largest absolute Gasteiger partial charge is 0.338 e. The van der Waals surface area contributed by atoms with Gasteiger partial charge in [-0.15, -0.1) is 5.10 Å². The molecule has 0 saturated carbocycles. The second kappa shape index (κ2) is 6.09. The number of rotatable bonds is 6. The summed E-state index contributed by atoms with van der Waals surface area (Å²) >= 11 is 3.30. The number of hydrogen-bond donors (Lipinski definition) is 0. The van der Waals surface area contributed by atoms with Crippen LogP contribution in [-0.2, 0) is 19.8 Å². The molecule has 0 aliphatic rings. The van der Waals surface area contributed by atoms with Crippen molar-refractivity contribution in [3.63, 3.8) is 0 Å². The van der Waals surface area contributed by atoms with Gasteiger partial charge in [0.1, 0.15) is 6.16 Å². The summed E-state index contributed by atoms with van der Waals surface area (Å²) in [6.07, 6.45) is 3.39. The maximum atomic E-state index is 12.4. The molecule has 0 radical (unpaired) electrons. The van der Waals surface area contributed by atoms with Crippen LogP contribution < -0.4 is 0 Å². The van der Waals surface area contributed by atoms with E-state index in [2.05, 4.69) is 31.0 Å². The van der Waals surface area contributed by atoms with Gasteiger partial charge in [0.2, 0.25) is 0 Å². The van der Waals surface area contributed by atoms with Crippen molar-refractivity contribution in [3.8, 4) is 0 Å². The van der Waals surface area contributed by atoms with Gasteiger partial charge in [0.05, 0.1) is 17.7 Å². The first-order valence-corrected chi connectivity index (χ1v) is 8.33. The molecule has 0 spiro atoms. The quantitative estimate of drug-likeness (QED) is 0.746. The van der Waals surface area contributed by atoms with Gasteiger partial charge in [-0.05, 0) is 29.8 Å². The predicted molar refractivity (Wildman–Crippen MR) is 73.0 cm³/mol. The summed E-state index contributed by atoms with van der Waals surface area (Å²) in [5.74, 6) is 0.827. The van der Waals surface area contributed by atoms with Crippen LogP contribution in [0.15, 0.2) is 16.9 Å². The van der Waals surface area contributed by atoms with Crippen molar-refractivity contribution >= 4 is 29.3 Å². The summed E-state index contributed by atoms with van der Waals surface area (Å²) in [5.41, 5.74) is 0. The minimum atomic E-state index is -3.19. The van der Waals surface area contributed by atoms with E-state index in [-0.39, 0.29) is 6.16 Å². The fourth-order valence-electron chi connectivity index (χ4n) is 1.56. The first-order chi connectivity index (χ1) is 9.06. The van der Waals surface area contributed by atoms with Crippen LogP contribution >= 0.6 is 23.5 Å². The molecule has 0 atom stereocenters. The second-order valence-corrected chi connectivity index (χ2v) is 6.62. The van der Waals surface area contributed by atoms with E-state index in [0.29, 0.717) is 24.8 Å². The Hall–Kier alpha value is -0.820. The van der Waals surface area contributed by atoms with Gasteiger partial charge in [0, 0.05) is 12.4 Å². The summed E-state index contributed by atoms with van der Waals surface area (Å²) < 4.78 is 25.1. The molecule has 0 aliphatic heterocycles. The van der Waals surface area contributed by atoms with E-state index >= 15 is 0 Å². The van der Waals surface area contributed by atoms with Crippen LogP contribution in [-0.4, -0.2) is 32.8 Å². The SMILES string of the molecule is CCOP(=O)(Cc1nc2ncc(Br)cn2n1)OCC. The van der Waals surface area contributed by atoms with Crippen molar-refractivity contribution < 1.29 is 13.6 Å². The molecule has 0 aromatic carbocycles. The third-order valence-corrected chi connectivity index (χ3v) is 4.58. The molecule has 2 aromatic heterocycles. The lowest BCUT2D eigenvalue weighted by atomic mass is 10.7. The standard InChI is InChI=1S/C10H14BrN4O3P/c1-3-17-19(16,18-4-2)7-9-13-10-12-5-8(11)6-15(10)14-9/h5-6H,3-4,7H2,1-2H3. The molecule has 0 saturated heterocycles. The molecule has 2 rings (SSSR count). The smallest absolute Gasteiger partial charge is 0.309 e. The van der Waals surface area contributed by atoms with Gasteiger partial charge in [0.25, 0.3) is 5.78 Å². The summed E-state index contributed by atoms with van der Waals surface area (Å²) in [7, 11) is -3.19. The third-order valence-electron chi connectivity index (χ3n) is 2.19. The fraction of sp³-hybridized carbons (Fsp3) is 0.500. The average Bonchev–Trinajstić information content (AvgIpc) is 2.70. The lowest BCUT2D eigenvalue weighted by Gasteiger charge is -2.14. The van der Waals surface area contributed by atoms with E-state index in [1.54, 1.807) is 26.2 Å². The first kappa shape index (κ1) is 14.6. The highest BCUT2D eigenvalue weighted by Crippen LogP contribution is 2.50. The predicted octanol–water partition coefficient (Wildman–Crippen LogP) is 2.65. The molecule has 19 heavy (non-hydrogen) atoms. The maximum absolute atomic E-state index is 12.4. The van der Waals surface area contributed by atoms with Gasteiger partial charge >= 0.3 is 7.60 Å². The molecule has 104 valence electrons. The number of fused-ring (bicyclic) bond motifs is 1. The Bertz CT molecular complexity index is 608. The van der Waals surface area contributed by atoms with Crippen LogP contribution in [0.5, 0.6) is 0 Å². The summed E-state index contributed by atoms with van der Waals surface area (Å²) in [5, 5.41) is 4.20. The van der Waals surface area contributed by atoms with Crippen LogP contribution in [0, 0.1) is 0 Å².